The maximum atomic E-state index is 13.0. The fraction of sp³-hybridized carbons (Fsp3) is 1.00. The molecule has 0 spiro atoms. The molecule has 5 unspecified atom stereocenters. The monoisotopic (exact) mass is 250 g/mol. The van der Waals surface area contributed by atoms with E-state index in [2.05, 4.69) is 5.32 Å². The Hall–Kier alpha value is -0.290. The summed E-state index contributed by atoms with van der Waals surface area (Å²) >= 11 is 0. The van der Waals surface area contributed by atoms with Crippen LogP contribution >= 0.6 is 0 Å². The van der Waals surface area contributed by atoms with E-state index in [1.165, 1.54) is 0 Å². The summed E-state index contributed by atoms with van der Waals surface area (Å²) < 4.78 is 38.9. The lowest BCUT2D eigenvalue weighted by Crippen LogP contribution is -2.46. The molecule has 0 amide bonds. The van der Waals surface area contributed by atoms with Crippen molar-refractivity contribution in [3.8, 4) is 0 Å². The van der Waals surface area contributed by atoms with Crippen LogP contribution in [0.5, 0.6) is 0 Å². The highest BCUT2D eigenvalue weighted by molar-refractivity contribution is 5.02. The number of hydrogen-bond donors (Lipinski definition) is 2. The fourth-order valence-electron chi connectivity index (χ4n) is 3.77. The quantitative estimate of drug-likeness (QED) is 0.789. The van der Waals surface area contributed by atoms with Crippen molar-refractivity contribution < 1.29 is 13.2 Å². The minimum absolute atomic E-state index is 0.161. The molecule has 17 heavy (non-hydrogen) atoms. The lowest BCUT2D eigenvalue weighted by molar-refractivity contribution is -0.191. The number of halogens is 3. The summed E-state index contributed by atoms with van der Waals surface area (Å²) in [6.45, 7) is 2.56. The summed E-state index contributed by atoms with van der Waals surface area (Å²) in [5, 5.41) is 3.17. The van der Waals surface area contributed by atoms with E-state index in [1.54, 1.807) is 0 Å². The van der Waals surface area contributed by atoms with Crippen molar-refractivity contribution >= 4 is 0 Å². The third kappa shape index (κ3) is 2.45. The number of nitrogens with two attached hydrogens (primary N) is 1. The Labute approximate surface area is 100 Å². The average Bonchev–Trinajstić information content (AvgIpc) is 2.54. The molecule has 2 nitrogen and oxygen atoms in total. The van der Waals surface area contributed by atoms with Crippen molar-refractivity contribution in [3.63, 3.8) is 0 Å². The summed E-state index contributed by atoms with van der Waals surface area (Å²) in [5.41, 5.74) is 5.56. The predicted molar refractivity (Wildman–Crippen MR) is 60.4 cm³/mol. The summed E-state index contributed by atoms with van der Waals surface area (Å²) in [6.07, 6.45) is -1.34. The van der Waals surface area contributed by atoms with Gasteiger partial charge in [-0.3, -0.25) is 0 Å². The van der Waals surface area contributed by atoms with Gasteiger partial charge in [0.15, 0.2) is 0 Å². The molecule has 2 rings (SSSR count). The van der Waals surface area contributed by atoms with Crippen LogP contribution in [-0.2, 0) is 0 Å². The molecule has 0 bridgehead atoms. The van der Waals surface area contributed by atoms with E-state index < -0.39 is 12.1 Å². The molecule has 2 aliphatic rings. The lowest BCUT2D eigenvalue weighted by atomic mass is 9.72. The van der Waals surface area contributed by atoms with Crippen LogP contribution in [0.3, 0.4) is 0 Å². The highest BCUT2D eigenvalue weighted by Crippen LogP contribution is 2.47. The largest absolute Gasteiger partial charge is 0.393 e. The van der Waals surface area contributed by atoms with Crippen LogP contribution in [0.1, 0.15) is 32.6 Å². The van der Waals surface area contributed by atoms with Gasteiger partial charge in [0.1, 0.15) is 0 Å². The number of hydrogen-bond acceptors (Lipinski definition) is 2. The van der Waals surface area contributed by atoms with Crippen LogP contribution in [0.4, 0.5) is 13.2 Å². The van der Waals surface area contributed by atoms with Crippen molar-refractivity contribution in [2.75, 3.05) is 6.54 Å². The van der Waals surface area contributed by atoms with Crippen molar-refractivity contribution in [3.05, 3.63) is 0 Å². The normalized spacial score (nSPS) is 42.5. The van der Waals surface area contributed by atoms with Crippen molar-refractivity contribution in [2.24, 2.45) is 23.5 Å². The second-order valence-corrected chi connectivity index (χ2v) is 5.47. The average molecular weight is 250 g/mol. The van der Waals surface area contributed by atoms with E-state index in [0.29, 0.717) is 18.9 Å². The first-order valence-corrected chi connectivity index (χ1v) is 6.48. The molecular formula is C12H21F3N2. The minimum atomic E-state index is -4.06. The van der Waals surface area contributed by atoms with Gasteiger partial charge in [-0.1, -0.05) is 6.42 Å². The summed E-state index contributed by atoms with van der Waals surface area (Å²) in [6, 6.07) is -0.216. The summed E-state index contributed by atoms with van der Waals surface area (Å²) in [5.74, 6) is -0.685. The SMILES string of the molecule is CC1NC2C(CCCC2C(F)(F)F)C1CCN. The Morgan fingerprint density at radius 1 is 1.29 bits per heavy atom. The van der Waals surface area contributed by atoms with Crippen molar-refractivity contribution in [1.82, 2.24) is 5.32 Å². The lowest BCUT2D eigenvalue weighted by Gasteiger charge is -2.36. The van der Waals surface area contributed by atoms with E-state index in [9.17, 15) is 13.2 Å². The van der Waals surface area contributed by atoms with Gasteiger partial charge >= 0.3 is 6.18 Å². The molecule has 3 N–H and O–H groups in total. The Balaban J connectivity index is 2.13. The predicted octanol–water partition coefficient (Wildman–Crippen LogP) is 2.29. The second-order valence-electron chi connectivity index (χ2n) is 5.47. The third-order valence-electron chi connectivity index (χ3n) is 4.52. The van der Waals surface area contributed by atoms with Gasteiger partial charge in [-0.15, -0.1) is 0 Å². The molecule has 5 heteroatoms. The molecule has 0 aromatic heterocycles. The zero-order valence-corrected chi connectivity index (χ0v) is 10.1. The second kappa shape index (κ2) is 4.76. The minimum Gasteiger partial charge on any atom is -0.330 e. The first kappa shape index (κ1) is 13.1. The Morgan fingerprint density at radius 2 is 2.00 bits per heavy atom. The first-order chi connectivity index (χ1) is 7.95. The van der Waals surface area contributed by atoms with Crippen molar-refractivity contribution in [2.45, 2.75) is 50.9 Å². The molecule has 0 radical (unpaired) electrons. The van der Waals surface area contributed by atoms with E-state index in [0.717, 1.165) is 12.8 Å². The molecule has 1 aliphatic carbocycles. The maximum Gasteiger partial charge on any atom is 0.393 e. The summed E-state index contributed by atoms with van der Waals surface area (Å²) in [7, 11) is 0. The van der Waals surface area contributed by atoms with Crippen LogP contribution in [0.2, 0.25) is 0 Å². The van der Waals surface area contributed by atoms with Crippen LogP contribution < -0.4 is 11.1 Å². The highest BCUT2D eigenvalue weighted by atomic mass is 19.4. The van der Waals surface area contributed by atoms with Gasteiger partial charge in [0.2, 0.25) is 0 Å². The number of rotatable bonds is 2. The van der Waals surface area contributed by atoms with E-state index in [-0.39, 0.29) is 24.4 Å². The van der Waals surface area contributed by atoms with Crippen LogP contribution in [0, 0.1) is 17.8 Å². The smallest absolute Gasteiger partial charge is 0.330 e. The summed E-state index contributed by atoms with van der Waals surface area (Å²) in [4.78, 5) is 0. The molecule has 0 aromatic rings. The van der Waals surface area contributed by atoms with Gasteiger partial charge in [0.05, 0.1) is 5.92 Å². The fourth-order valence-corrected chi connectivity index (χ4v) is 3.77. The zero-order chi connectivity index (χ0) is 12.6. The number of nitrogens with one attached hydrogen (secondary N) is 1. The standard InChI is InChI=1S/C12H21F3N2/c1-7-8(5-6-16)9-3-2-4-10(11(9)17-7)12(13,14)15/h7-11,17H,2-6,16H2,1H3. The highest BCUT2D eigenvalue weighted by Gasteiger charge is 2.53. The molecular weight excluding hydrogens is 229 g/mol. The molecule has 1 heterocycles. The van der Waals surface area contributed by atoms with Gasteiger partial charge in [0.25, 0.3) is 0 Å². The topological polar surface area (TPSA) is 38.0 Å². The molecule has 5 atom stereocenters. The molecule has 1 aliphatic heterocycles. The molecule has 1 saturated carbocycles. The maximum absolute atomic E-state index is 13.0. The molecule has 100 valence electrons. The van der Waals surface area contributed by atoms with Crippen LogP contribution in [0.25, 0.3) is 0 Å². The van der Waals surface area contributed by atoms with E-state index in [1.807, 2.05) is 6.92 Å². The third-order valence-corrected chi connectivity index (χ3v) is 4.52. The number of alkyl halides is 3. The van der Waals surface area contributed by atoms with Crippen molar-refractivity contribution in [1.29, 1.82) is 0 Å². The van der Waals surface area contributed by atoms with Gasteiger partial charge in [-0.2, -0.15) is 13.2 Å². The van der Waals surface area contributed by atoms with Gasteiger partial charge in [-0.05, 0) is 44.6 Å². The molecule has 2 fully saturated rings. The Bertz CT molecular complexity index is 267. The molecule has 0 aromatic carbocycles. The Morgan fingerprint density at radius 3 is 2.59 bits per heavy atom. The Kier molecular flexibility index (Phi) is 3.69. The zero-order valence-electron chi connectivity index (χ0n) is 10.1. The van der Waals surface area contributed by atoms with Gasteiger partial charge in [-0.25, -0.2) is 0 Å². The first-order valence-electron chi connectivity index (χ1n) is 6.48. The van der Waals surface area contributed by atoms with Gasteiger partial charge in [0, 0.05) is 12.1 Å². The van der Waals surface area contributed by atoms with Crippen LogP contribution in [0.15, 0.2) is 0 Å². The van der Waals surface area contributed by atoms with Crippen LogP contribution in [-0.4, -0.2) is 24.8 Å². The van der Waals surface area contributed by atoms with E-state index in [4.69, 9.17) is 5.73 Å². The molecule has 1 saturated heterocycles. The van der Waals surface area contributed by atoms with E-state index >= 15 is 0 Å². The number of fused-ring (bicyclic) bond motifs is 1. The van der Waals surface area contributed by atoms with Gasteiger partial charge < -0.3 is 11.1 Å².